The second-order valence-corrected chi connectivity index (χ2v) is 5.14. The second-order valence-electron chi connectivity index (χ2n) is 5.14. The third kappa shape index (κ3) is 4.33. The van der Waals surface area contributed by atoms with E-state index < -0.39 is 6.17 Å². The maximum atomic E-state index is 5.97. The molecule has 3 rings (SSSR count). The van der Waals surface area contributed by atoms with Crippen LogP contribution in [0.15, 0.2) is 70.6 Å². The maximum absolute atomic E-state index is 5.97. The molecule has 6 nitrogen and oxygen atoms in total. The van der Waals surface area contributed by atoms with E-state index in [1.807, 2.05) is 48.5 Å². The van der Waals surface area contributed by atoms with Crippen LogP contribution in [0.2, 0.25) is 0 Å². The first kappa shape index (κ1) is 18.0. The Morgan fingerprint density at radius 1 is 0.958 bits per heavy atom. The minimum Gasteiger partial charge on any atom is -0.368 e. The van der Waals surface area contributed by atoms with Crippen LogP contribution >= 0.6 is 17.0 Å². The summed E-state index contributed by atoms with van der Waals surface area (Å²) < 4.78 is 0. The summed E-state index contributed by atoms with van der Waals surface area (Å²) in [5.74, 6) is 0.360. The van der Waals surface area contributed by atoms with Crippen LogP contribution in [0.5, 0.6) is 0 Å². The highest BCUT2D eigenvalue weighted by Gasteiger charge is 2.26. The topological polar surface area (TPSA) is 89.2 Å². The van der Waals surface area contributed by atoms with E-state index in [0.717, 1.165) is 12.0 Å². The molecule has 0 fully saturated rings. The Morgan fingerprint density at radius 3 is 2.25 bits per heavy atom. The van der Waals surface area contributed by atoms with Crippen molar-refractivity contribution in [2.45, 2.75) is 12.6 Å². The summed E-state index contributed by atoms with van der Waals surface area (Å²) in [7, 11) is 0. The Morgan fingerprint density at radius 2 is 1.58 bits per heavy atom. The van der Waals surface area contributed by atoms with E-state index in [2.05, 4.69) is 22.1 Å². The average Bonchev–Trinajstić information content (AvgIpc) is 2.58. The number of nitrogens with zero attached hydrogens (tertiary/aromatic N) is 3. The smallest absolute Gasteiger partial charge is 0.226 e. The van der Waals surface area contributed by atoms with E-state index in [9.17, 15) is 0 Å². The van der Waals surface area contributed by atoms with Crippen molar-refractivity contribution in [2.24, 2.45) is 21.5 Å². The summed E-state index contributed by atoms with van der Waals surface area (Å²) >= 11 is 0. The molecule has 126 valence electrons. The number of nitrogens with two attached hydrogens (primary N) is 2. The van der Waals surface area contributed by atoms with Crippen molar-refractivity contribution in [1.29, 1.82) is 0 Å². The van der Waals surface area contributed by atoms with Crippen LogP contribution < -0.4 is 11.5 Å². The van der Waals surface area contributed by atoms with Crippen LogP contribution in [0.3, 0.4) is 0 Å². The summed E-state index contributed by atoms with van der Waals surface area (Å²) in [4.78, 5) is 14.2. The number of halogens is 1. The van der Waals surface area contributed by atoms with Crippen LogP contribution in [-0.2, 0) is 11.3 Å². The Bertz CT molecular complexity index is 705. The molecule has 0 radical (unpaired) electrons. The SMILES string of the molecule is Br.NC1=NC(c2ccccc2)N(OCCc2ccccc2)C(N)=N1. The van der Waals surface area contributed by atoms with Crippen LogP contribution in [0.4, 0.5) is 0 Å². The highest BCUT2D eigenvalue weighted by molar-refractivity contribution is 8.93. The van der Waals surface area contributed by atoms with Gasteiger partial charge in [0.05, 0.1) is 6.61 Å². The van der Waals surface area contributed by atoms with Gasteiger partial charge in [-0.3, -0.25) is 4.84 Å². The monoisotopic (exact) mass is 389 g/mol. The lowest BCUT2D eigenvalue weighted by Crippen LogP contribution is -2.44. The van der Waals surface area contributed by atoms with Crippen molar-refractivity contribution < 1.29 is 4.84 Å². The second kappa shape index (κ2) is 8.47. The largest absolute Gasteiger partial charge is 0.368 e. The van der Waals surface area contributed by atoms with Crippen molar-refractivity contribution in [3.63, 3.8) is 0 Å². The molecule has 2 aromatic carbocycles. The van der Waals surface area contributed by atoms with E-state index in [0.29, 0.717) is 6.61 Å². The molecule has 1 unspecified atom stereocenters. The van der Waals surface area contributed by atoms with Gasteiger partial charge in [-0.1, -0.05) is 60.7 Å². The van der Waals surface area contributed by atoms with Gasteiger partial charge in [0.25, 0.3) is 0 Å². The van der Waals surface area contributed by atoms with E-state index in [1.165, 1.54) is 10.6 Å². The standard InChI is InChI=1S/C17H19N5O.BrH/c18-16-20-15(14-9-5-2-6-10-14)22(17(19)21-16)23-12-11-13-7-3-1-4-8-13;/h1-10,15H,11-12H2,(H4,18,19,20,21);1H. The van der Waals surface area contributed by atoms with E-state index in [-0.39, 0.29) is 28.9 Å². The zero-order chi connectivity index (χ0) is 16.1. The van der Waals surface area contributed by atoms with Gasteiger partial charge in [-0.05, 0) is 17.5 Å². The van der Waals surface area contributed by atoms with Crippen molar-refractivity contribution in [3.8, 4) is 0 Å². The third-order valence-electron chi connectivity index (χ3n) is 3.49. The van der Waals surface area contributed by atoms with Crippen molar-refractivity contribution >= 4 is 28.9 Å². The molecule has 0 aromatic heterocycles. The Kier molecular flexibility index (Phi) is 6.34. The number of hydrogen-bond acceptors (Lipinski definition) is 6. The molecule has 7 heteroatoms. The molecule has 0 saturated carbocycles. The minimum absolute atomic E-state index is 0. The number of rotatable bonds is 5. The predicted molar refractivity (Wildman–Crippen MR) is 101 cm³/mol. The number of guanidine groups is 2. The molecule has 4 N–H and O–H groups in total. The van der Waals surface area contributed by atoms with Crippen LogP contribution in [0.1, 0.15) is 17.3 Å². The molecule has 0 amide bonds. The molecule has 0 bridgehead atoms. The average molecular weight is 390 g/mol. The number of hydroxylamine groups is 2. The first-order chi connectivity index (χ1) is 11.2. The van der Waals surface area contributed by atoms with Gasteiger partial charge in [0.2, 0.25) is 11.9 Å². The number of hydrogen-bond donors (Lipinski definition) is 2. The first-order valence-corrected chi connectivity index (χ1v) is 7.42. The van der Waals surface area contributed by atoms with Gasteiger partial charge >= 0.3 is 0 Å². The lowest BCUT2D eigenvalue weighted by atomic mass is 10.1. The minimum atomic E-state index is -0.426. The van der Waals surface area contributed by atoms with Gasteiger partial charge in [-0.15, -0.1) is 17.0 Å². The van der Waals surface area contributed by atoms with Gasteiger partial charge in [-0.2, -0.15) is 10.1 Å². The Balaban J connectivity index is 0.00000208. The molecular weight excluding hydrogens is 370 g/mol. The van der Waals surface area contributed by atoms with Crippen LogP contribution in [0.25, 0.3) is 0 Å². The fraction of sp³-hybridized carbons (Fsp3) is 0.176. The molecule has 24 heavy (non-hydrogen) atoms. The van der Waals surface area contributed by atoms with E-state index >= 15 is 0 Å². The van der Waals surface area contributed by atoms with Crippen LogP contribution in [0, 0.1) is 0 Å². The zero-order valence-corrected chi connectivity index (χ0v) is 14.8. The molecule has 1 aliphatic rings. The maximum Gasteiger partial charge on any atom is 0.226 e. The van der Waals surface area contributed by atoms with Crippen LogP contribution in [-0.4, -0.2) is 23.6 Å². The highest BCUT2D eigenvalue weighted by atomic mass is 79.9. The lowest BCUT2D eigenvalue weighted by molar-refractivity contribution is -0.129. The molecular formula is C17H20BrN5O. The molecule has 0 spiro atoms. The molecule has 1 heterocycles. The van der Waals surface area contributed by atoms with Crippen molar-refractivity contribution in [2.75, 3.05) is 6.61 Å². The van der Waals surface area contributed by atoms with Gasteiger partial charge < -0.3 is 11.5 Å². The summed E-state index contributed by atoms with van der Waals surface area (Å²) in [6.07, 6.45) is 0.343. The van der Waals surface area contributed by atoms with E-state index in [4.69, 9.17) is 16.3 Å². The Hall–Kier alpha value is -2.38. The van der Waals surface area contributed by atoms with Gasteiger partial charge in [-0.25, -0.2) is 4.99 Å². The zero-order valence-electron chi connectivity index (χ0n) is 13.1. The van der Waals surface area contributed by atoms with Crippen molar-refractivity contribution in [3.05, 3.63) is 71.8 Å². The quantitative estimate of drug-likeness (QED) is 0.821. The molecule has 1 aliphatic heterocycles. The number of benzene rings is 2. The normalized spacial score (nSPS) is 16.8. The van der Waals surface area contributed by atoms with Gasteiger partial charge in [0, 0.05) is 0 Å². The molecule has 2 aromatic rings. The molecule has 0 aliphatic carbocycles. The lowest BCUT2D eigenvalue weighted by Gasteiger charge is -2.31. The van der Waals surface area contributed by atoms with Crippen molar-refractivity contribution in [1.82, 2.24) is 5.06 Å². The summed E-state index contributed by atoms with van der Waals surface area (Å²) in [5, 5.41) is 1.51. The van der Waals surface area contributed by atoms with Gasteiger partial charge in [0.1, 0.15) is 0 Å². The summed E-state index contributed by atoms with van der Waals surface area (Å²) in [5.41, 5.74) is 13.8. The number of aliphatic imine (C=N–C) groups is 2. The molecule has 1 atom stereocenters. The van der Waals surface area contributed by atoms with Gasteiger partial charge in [0.15, 0.2) is 6.17 Å². The molecule has 0 saturated heterocycles. The first-order valence-electron chi connectivity index (χ1n) is 7.42. The van der Waals surface area contributed by atoms with E-state index in [1.54, 1.807) is 0 Å². The predicted octanol–water partition coefficient (Wildman–Crippen LogP) is 2.38. The third-order valence-corrected chi connectivity index (χ3v) is 3.49. The summed E-state index contributed by atoms with van der Waals surface area (Å²) in [6.45, 7) is 0.471. The fourth-order valence-corrected chi connectivity index (χ4v) is 2.38. The fourth-order valence-electron chi connectivity index (χ4n) is 2.38. The summed E-state index contributed by atoms with van der Waals surface area (Å²) in [6, 6.07) is 19.8. The Labute approximate surface area is 151 Å². The highest BCUT2D eigenvalue weighted by Crippen LogP contribution is 2.24.